The van der Waals surface area contributed by atoms with Crippen LogP contribution in [-0.2, 0) is 19.1 Å². The number of hydrogen-bond acceptors (Lipinski definition) is 7. The van der Waals surface area contributed by atoms with E-state index in [-0.39, 0.29) is 30.3 Å². The van der Waals surface area contributed by atoms with Gasteiger partial charge < -0.3 is 30.1 Å². The lowest BCUT2D eigenvalue weighted by Crippen LogP contribution is -2.44. The first-order valence-electron chi connectivity index (χ1n) is 7.64. The summed E-state index contributed by atoms with van der Waals surface area (Å²) >= 11 is 0. The molecule has 22 heavy (non-hydrogen) atoms. The van der Waals surface area contributed by atoms with Gasteiger partial charge in [-0.05, 0) is 25.7 Å². The highest BCUT2D eigenvalue weighted by Crippen LogP contribution is 2.31. The van der Waals surface area contributed by atoms with E-state index in [1.165, 1.54) is 0 Å². The Balaban J connectivity index is 1.49. The van der Waals surface area contributed by atoms with Crippen molar-refractivity contribution in [3.63, 3.8) is 0 Å². The number of carbonyl (C=O) groups excluding carboxylic acids is 2. The van der Waals surface area contributed by atoms with Crippen molar-refractivity contribution in [2.75, 3.05) is 6.61 Å². The summed E-state index contributed by atoms with van der Waals surface area (Å²) in [5.41, 5.74) is 0. The maximum absolute atomic E-state index is 11.7. The summed E-state index contributed by atoms with van der Waals surface area (Å²) in [5.74, 6) is -0.744. The number of amides is 1. The number of aliphatic hydroxyl groups excluding tert-OH is 3. The highest BCUT2D eigenvalue weighted by molar-refractivity contribution is 5.81. The van der Waals surface area contributed by atoms with E-state index < -0.39 is 30.6 Å². The average Bonchev–Trinajstić information content (AvgIpc) is 3.39. The van der Waals surface area contributed by atoms with Crippen molar-refractivity contribution in [3.05, 3.63) is 0 Å². The summed E-state index contributed by atoms with van der Waals surface area (Å²) in [4.78, 5) is 23.1. The van der Waals surface area contributed by atoms with Crippen molar-refractivity contribution in [3.8, 4) is 0 Å². The first kappa shape index (κ1) is 15.7. The van der Waals surface area contributed by atoms with Gasteiger partial charge in [-0.25, -0.2) is 0 Å². The third kappa shape index (κ3) is 3.40. The zero-order valence-corrected chi connectivity index (χ0v) is 12.1. The van der Waals surface area contributed by atoms with Gasteiger partial charge >= 0.3 is 5.97 Å². The third-order valence-corrected chi connectivity index (χ3v) is 4.22. The predicted octanol–water partition coefficient (Wildman–Crippen LogP) is -1.73. The average molecular weight is 315 g/mol. The van der Waals surface area contributed by atoms with Crippen molar-refractivity contribution >= 4 is 11.9 Å². The van der Waals surface area contributed by atoms with Crippen molar-refractivity contribution in [2.24, 2.45) is 11.8 Å². The molecule has 0 unspecified atom stereocenters. The third-order valence-electron chi connectivity index (χ3n) is 4.22. The van der Waals surface area contributed by atoms with Crippen LogP contribution in [0.25, 0.3) is 0 Å². The van der Waals surface area contributed by atoms with E-state index in [9.17, 15) is 24.9 Å². The van der Waals surface area contributed by atoms with Crippen LogP contribution in [0.2, 0.25) is 0 Å². The number of rotatable bonds is 6. The number of hydrogen-bond donors (Lipinski definition) is 4. The predicted molar refractivity (Wildman–Crippen MR) is 71.2 cm³/mol. The minimum Gasteiger partial charge on any atom is -0.463 e. The van der Waals surface area contributed by atoms with Gasteiger partial charge in [0.2, 0.25) is 5.91 Å². The maximum Gasteiger partial charge on any atom is 0.309 e. The van der Waals surface area contributed by atoms with Crippen LogP contribution in [0.5, 0.6) is 0 Å². The Morgan fingerprint density at radius 1 is 1.14 bits per heavy atom. The molecule has 0 radical (unpaired) electrons. The lowest BCUT2D eigenvalue weighted by molar-refractivity contribution is -0.154. The Bertz CT molecular complexity index is 448. The molecule has 3 aliphatic rings. The van der Waals surface area contributed by atoms with Gasteiger partial charge in [0.15, 0.2) is 6.23 Å². The molecule has 2 aliphatic carbocycles. The molecular formula is C14H21NO7. The number of aliphatic hydroxyl groups is 3. The van der Waals surface area contributed by atoms with Crippen molar-refractivity contribution < 1.29 is 34.4 Å². The van der Waals surface area contributed by atoms with Crippen LogP contribution in [-0.4, -0.2) is 64.4 Å². The molecule has 0 aromatic rings. The summed E-state index contributed by atoms with van der Waals surface area (Å²) in [5, 5.41) is 32.3. The highest BCUT2D eigenvalue weighted by atomic mass is 16.6. The van der Waals surface area contributed by atoms with E-state index in [0.29, 0.717) is 0 Å². The molecule has 4 N–H and O–H groups in total. The minimum absolute atomic E-state index is 0.0589. The van der Waals surface area contributed by atoms with Gasteiger partial charge in [-0.15, -0.1) is 0 Å². The fourth-order valence-electron chi connectivity index (χ4n) is 2.44. The van der Waals surface area contributed by atoms with Crippen LogP contribution < -0.4 is 5.32 Å². The van der Waals surface area contributed by atoms with Crippen LogP contribution in [0.15, 0.2) is 0 Å². The molecule has 5 atom stereocenters. The summed E-state index contributed by atoms with van der Waals surface area (Å²) < 4.78 is 10.3. The van der Waals surface area contributed by atoms with Gasteiger partial charge in [0.25, 0.3) is 0 Å². The molecule has 1 heterocycles. The van der Waals surface area contributed by atoms with E-state index >= 15 is 0 Å². The van der Waals surface area contributed by atoms with Gasteiger partial charge in [0.1, 0.15) is 31.0 Å². The molecule has 0 spiro atoms. The Morgan fingerprint density at radius 3 is 2.36 bits per heavy atom. The molecule has 8 nitrogen and oxygen atoms in total. The van der Waals surface area contributed by atoms with Crippen molar-refractivity contribution in [1.82, 2.24) is 5.32 Å². The van der Waals surface area contributed by atoms with Crippen LogP contribution in [0.1, 0.15) is 25.7 Å². The van der Waals surface area contributed by atoms with Gasteiger partial charge in [-0.3, -0.25) is 9.59 Å². The molecule has 8 heteroatoms. The summed E-state index contributed by atoms with van der Waals surface area (Å²) in [6.45, 7) is -0.312. The molecule has 1 saturated heterocycles. The molecule has 0 bridgehead atoms. The first-order valence-corrected chi connectivity index (χ1v) is 7.64. The van der Waals surface area contributed by atoms with Crippen LogP contribution >= 0.6 is 0 Å². The van der Waals surface area contributed by atoms with E-state index in [0.717, 1.165) is 25.7 Å². The molecule has 3 rings (SSSR count). The zero-order chi connectivity index (χ0) is 15.9. The number of ether oxygens (including phenoxy) is 2. The van der Waals surface area contributed by atoms with Crippen LogP contribution in [0.4, 0.5) is 0 Å². The summed E-state index contributed by atoms with van der Waals surface area (Å²) in [7, 11) is 0. The largest absolute Gasteiger partial charge is 0.463 e. The lowest BCUT2D eigenvalue weighted by atomic mass is 10.1. The second kappa shape index (κ2) is 6.11. The van der Waals surface area contributed by atoms with Crippen LogP contribution in [0, 0.1) is 11.8 Å². The summed E-state index contributed by atoms with van der Waals surface area (Å²) in [6.07, 6.45) is -2.94. The standard InChI is InChI=1S/C14H21NO7/c16-8(5-21-14(20)7-3-4-7)11-9(17)10(18)13(22-11)15-12(19)6-1-2-6/h6-11,13,16-18H,1-5H2,(H,15,19)/t8-,9-,10+,11-,13-/m1/s1. The molecule has 0 aromatic carbocycles. The normalized spacial score (nSPS) is 36.0. The zero-order valence-electron chi connectivity index (χ0n) is 12.1. The quantitative estimate of drug-likeness (QED) is 0.429. The lowest BCUT2D eigenvalue weighted by Gasteiger charge is -2.20. The Morgan fingerprint density at radius 2 is 1.77 bits per heavy atom. The van der Waals surface area contributed by atoms with Gasteiger partial charge in [0, 0.05) is 5.92 Å². The Kier molecular flexibility index (Phi) is 4.35. The molecule has 1 aliphatic heterocycles. The number of nitrogens with one attached hydrogen (secondary N) is 1. The number of carbonyl (C=O) groups is 2. The molecule has 3 fully saturated rings. The molecule has 1 amide bonds. The van der Waals surface area contributed by atoms with E-state index in [1.54, 1.807) is 0 Å². The van der Waals surface area contributed by atoms with E-state index in [4.69, 9.17) is 9.47 Å². The topological polar surface area (TPSA) is 125 Å². The fourth-order valence-corrected chi connectivity index (χ4v) is 2.44. The van der Waals surface area contributed by atoms with E-state index in [1.807, 2.05) is 0 Å². The minimum atomic E-state index is -1.36. The second-order valence-electron chi connectivity index (χ2n) is 6.26. The fraction of sp³-hybridized carbons (Fsp3) is 0.857. The first-order chi connectivity index (χ1) is 10.5. The monoisotopic (exact) mass is 315 g/mol. The molecule has 0 aromatic heterocycles. The smallest absolute Gasteiger partial charge is 0.309 e. The van der Waals surface area contributed by atoms with Gasteiger partial charge in [-0.1, -0.05) is 0 Å². The van der Waals surface area contributed by atoms with Crippen molar-refractivity contribution in [1.29, 1.82) is 0 Å². The SMILES string of the molecule is O=C(N[C@@H]1O[C@H]([C@H](O)COC(=O)C2CC2)[C@H](O)[C@@H]1O)C1CC1. The van der Waals surface area contributed by atoms with Gasteiger partial charge in [-0.2, -0.15) is 0 Å². The van der Waals surface area contributed by atoms with Crippen LogP contribution in [0.3, 0.4) is 0 Å². The Labute approximate surface area is 127 Å². The van der Waals surface area contributed by atoms with Crippen molar-refractivity contribution in [2.45, 2.75) is 56.3 Å². The molecular weight excluding hydrogens is 294 g/mol. The van der Waals surface area contributed by atoms with Gasteiger partial charge in [0.05, 0.1) is 5.92 Å². The Hall–Kier alpha value is -1.22. The second-order valence-corrected chi connectivity index (χ2v) is 6.26. The molecule has 2 saturated carbocycles. The molecule has 124 valence electrons. The highest BCUT2D eigenvalue weighted by Gasteiger charge is 2.48. The summed E-state index contributed by atoms with van der Waals surface area (Å²) in [6, 6.07) is 0. The van der Waals surface area contributed by atoms with E-state index in [2.05, 4.69) is 5.32 Å². The maximum atomic E-state index is 11.7. The number of esters is 1.